The average molecular weight is 205 g/mol. The molecule has 0 amide bonds. The smallest absolute Gasteiger partial charge is 0.344 e. The Hall–Kier alpha value is -1.29. The molecule has 0 radical (unpaired) electrons. The Morgan fingerprint density at radius 1 is 1.62 bits per heavy atom. The minimum absolute atomic E-state index is 0.0163. The van der Waals surface area contributed by atoms with Gasteiger partial charge in [0, 0.05) is 5.02 Å². The third-order valence-electron chi connectivity index (χ3n) is 1.42. The van der Waals surface area contributed by atoms with Crippen LogP contribution in [0.5, 0.6) is 5.75 Å². The Balaban J connectivity index is 3.28. The summed E-state index contributed by atoms with van der Waals surface area (Å²) in [4.78, 5) is 10.9. The molecule has 0 saturated carbocycles. The van der Waals surface area contributed by atoms with E-state index < -0.39 is 23.1 Å². The molecule has 1 N–H and O–H groups in total. The van der Waals surface area contributed by atoms with Crippen LogP contribution in [-0.4, -0.2) is 18.2 Å². The molecule has 0 unspecified atom stereocenters. The van der Waals surface area contributed by atoms with Crippen molar-refractivity contribution in [2.24, 2.45) is 0 Å². The van der Waals surface area contributed by atoms with Gasteiger partial charge in [-0.25, -0.2) is 9.18 Å². The van der Waals surface area contributed by atoms with Crippen LogP contribution in [0.2, 0.25) is 5.02 Å². The van der Waals surface area contributed by atoms with Gasteiger partial charge in [0.05, 0.1) is 7.11 Å². The highest BCUT2D eigenvalue weighted by Crippen LogP contribution is 2.25. The van der Waals surface area contributed by atoms with Gasteiger partial charge < -0.3 is 9.84 Å². The van der Waals surface area contributed by atoms with Crippen LogP contribution < -0.4 is 0 Å². The maximum atomic E-state index is 13.0. The van der Waals surface area contributed by atoms with Gasteiger partial charge in [-0.2, -0.15) is 0 Å². The molecule has 0 atom stereocenters. The number of aromatic hydroxyl groups is 1. The molecule has 0 aromatic heterocycles. The van der Waals surface area contributed by atoms with E-state index in [1.54, 1.807) is 0 Å². The number of hydrogen-bond donors (Lipinski definition) is 1. The van der Waals surface area contributed by atoms with Crippen LogP contribution in [0.1, 0.15) is 10.4 Å². The highest BCUT2D eigenvalue weighted by Gasteiger charge is 2.17. The van der Waals surface area contributed by atoms with Gasteiger partial charge in [-0.1, -0.05) is 11.6 Å². The second-order valence-corrected chi connectivity index (χ2v) is 2.71. The molecule has 70 valence electrons. The summed E-state index contributed by atoms with van der Waals surface area (Å²) in [5.74, 6) is -2.37. The van der Waals surface area contributed by atoms with E-state index in [2.05, 4.69) is 4.74 Å². The number of carbonyl (C=O) groups is 1. The third kappa shape index (κ3) is 1.89. The number of carbonyl (C=O) groups excluding carboxylic acids is 1. The van der Waals surface area contributed by atoms with Crippen molar-refractivity contribution < 1.29 is 19.0 Å². The predicted octanol–water partition coefficient (Wildman–Crippen LogP) is 1.97. The first-order chi connectivity index (χ1) is 6.06. The van der Waals surface area contributed by atoms with Gasteiger partial charge in [0.2, 0.25) is 0 Å². The fourth-order valence-corrected chi connectivity index (χ4v) is 1.06. The standard InChI is InChI=1S/C8H6ClFO3/c1-13-8(12)7-5(10)2-4(9)3-6(7)11/h2-3,11H,1H3. The second kappa shape index (κ2) is 3.62. The van der Waals surface area contributed by atoms with E-state index >= 15 is 0 Å². The van der Waals surface area contributed by atoms with Crippen LogP contribution >= 0.6 is 11.6 Å². The predicted molar refractivity (Wildman–Crippen MR) is 44.4 cm³/mol. The maximum Gasteiger partial charge on any atom is 0.344 e. The summed E-state index contributed by atoms with van der Waals surface area (Å²) in [7, 11) is 1.09. The molecule has 0 bridgehead atoms. The van der Waals surface area contributed by atoms with Gasteiger partial charge in [0.25, 0.3) is 0 Å². The highest BCUT2D eigenvalue weighted by atomic mass is 35.5. The molecule has 0 aliphatic heterocycles. The second-order valence-electron chi connectivity index (χ2n) is 2.27. The van der Waals surface area contributed by atoms with Gasteiger partial charge in [0.15, 0.2) is 0 Å². The Morgan fingerprint density at radius 3 is 2.69 bits per heavy atom. The van der Waals surface area contributed by atoms with Gasteiger partial charge in [-0.15, -0.1) is 0 Å². The minimum atomic E-state index is -0.938. The molecule has 0 aliphatic rings. The number of rotatable bonds is 1. The molecule has 5 heteroatoms. The molecule has 0 saturated heterocycles. The normalized spacial score (nSPS) is 9.77. The first-order valence-corrected chi connectivity index (χ1v) is 3.70. The van der Waals surface area contributed by atoms with E-state index in [9.17, 15) is 9.18 Å². The van der Waals surface area contributed by atoms with Crippen molar-refractivity contribution in [2.75, 3.05) is 7.11 Å². The van der Waals surface area contributed by atoms with Crippen LogP contribution in [0.4, 0.5) is 4.39 Å². The maximum absolute atomic E-state index is 13.0. The number of phenols is 1. The van der Waals surface area contributed by atoms with E-state index in [0.717, 1.165) is 19.2 Å². The molecule has 1 aromatic rings. The number of benzene rings is 1. The first-order valence-electron chi connectivity index (χ1n) is 3.32. The number of phenolic OH excluding ortho intramolecular Hbond substituents is 1. The number of methoxy groups -OCH3 is 1. The number of hydrogen-bond acceptors (Lipinski definition) is 3. The fourth-order valence-electron chi connectivity index (χ4n) is 0.864. The minimum Gasteiger partial charge on any atom is -0.507 e. The Kier molecular flexibility index (Phi) is 2.72. The van der Waals surface area contributed by atoms with E-state index in [0.29, 0.717) is 0 Å². The van der Waals surface area contributed by atoms with Crippen molar-refractivity contribution in [1.82, 2.24) is 0 Å². The molecular weight excluding hydrogens is 199 g/mol. The number of esters is 1. The van der Waals surface area contributed by atoms with Crippen LogP contribution in [0.15, 0.2) is 12.1 Å². The Labute approximate surface area is 78.7 Å². The zero-order chi connectivity index (χ0) is 10.0. The summed E-state index contributed by atoms with van der Waals surface area (Å²) >= 11 is 5.42. The third-order valence-corrected chi connectivity index (χ3v) is 1.64. The molecule has 0 aliphatic carbocycles. The largest absolute Gasteiger partial charge is 0.507 e. The summed E-state index contributed by atoms with van der Waals surface area (Å²) in [6.07, 6.45) is 0. The van der Waals surface area contributed by atoms with Crippen molar-refractivity contribution in [2.45, 2.75) is 0 Å². The average Bonchev–Trinajstić information content (AvgIpc) is 2.02. The zero-order valence-electron chi connectivity index (χ0n) is 6.67. The quantitative estimate of drug-likeness (QED) is 0.712. The zero-order valence-corrected chi connectivity index (χ0v) is 7.43. The fraction of sp³-hybridized carbons (Fsp3) is 0.125. The molecule has 0 heterocycles. The summed E-state index contributed by atoms with van der Waals surface area (Å²) in [6.45, 7) is 0. The van der Waals surface area contributed by atoms with E-state index in [1.807, 2.05) is 0 Å². The monoisotopic (exact) mass is 204 g/mol. The molecule has 0 spiro atoms. The topological polar surface area (TPSA) is 46.5 Å². The molecule has 1 rings (SSSR count). The van der Waals surface area contributed by atoms with Gasteiger partial charge >= 0.3 is 5.97 Å². The van der Waals surface area contributed by atoms with E-state index in [1.165, 1.54) is 0 Å². The SMILES string of the molecule is COC(=O)c1c(O)cc(Cl)cc1F. The first kappa shape index (κ1) is 9.80. The molecule has 3 nitrogen and oxygen atoms in total. The van der Waals surface area contributed by atoms with Gasteiger partial charge in [-0.05, 0) is 12.1 Å². The van der Waals surface area contributed by atoms with Gasteiger partial charge in [-0.3, -0.25) is 0 Å². The lowest BCUT2D eigenvalue weighted by atomic mass is 10.2. The van der Waals surface area contributed by atoms with Crippen molar-refractivity contribution in [3.8, 4) is 5.75 Å². The van der Waals surface area contributed by atoms with Crippen molar-refractivity contribution in [3.05, 3.63) is 28.5 Å². The van der Waals surface area contributed by atoms with Crippen LogP contribution in [0, 0.1) is 5.82 Å². The lowest BCUT2D eigenvalue weighted by Crippen LogP contribution is -2.04. The Bertz CT molecular complexity index is 328. The van der Waals surface area contributed by atoms with Crippen molar-refractivity contribution >= 4 is 17.6 Å². The van der Waals surface area contributed by atoms with E-state index in [4.69, 9.17) is 16.7 Å². The summed E-state index contributed by atoms with van der Waals surface area (Å²) < 4.78 is 17.3. The summed E-state index contributed by atoms with van der Waals surface area (Å²) in [6, 6.07) is 1.99. The molecule has 13 heavy (non-hydrogen) atoms. The lowest BCUT2D eigenvalue weighted by molar-refractivity contribution is 0.0592. The lowest BCUT2D eigenvalue weighted by Gasteiger charge is -2.03. The summed E-state index contributed by atoms with van der Waals surface area (Å²) in [5, 5.41) is 9.16. The van der Waals surface area contributed by atoms with E-state index in [-0.39, 0.29) is 5.02 Å². The molecule has 1 aromatic carbocycles. The van der Waals surface area contributed by atoms with Crippen LogP contribution in [0.3, 0.4) is 0 Å². The van der Waals surface area contributed by atoms with Crippen molar-refractivity contribution in [3.63, 3.8) is 0 Å². The van der Waals surface area contributed by atoms with Crippen LogP contribution in [0.25, 0.3) is 0 Å². The molecule has 0 fully saturated rings. The summed E-state index contributed by atoms with van der Waals surface area (Å²) in [5.41, 5.74) is -0.507. The van der Waals surface area contributed by atoms with Gasteiger partial charge in [0.1, 0.15) is 17.1 Å². The number of ether oxygens (including phenoxy) is 1. The molecular formula is C8H6ClFO3. The van der Waals surface area contributed by atoms with Crippen molar-refractivity contribution in [1.29, 1.82) is 0 Å². The van der Waals surface area contributed by atoms with Crippen LogP contribution in [-0.2, 0) is 4.74 Å². The number of halogens is 2. The Morgan fingerprint density at radius 2 is 2.23 bits per heavy atom. The highest BCUT2D eigenvalue weighted by molar-refractivity contribution is 6.30.